The van der Waals surface area contributed by atoms with Crippen LogP contribution in [-0.4, -0.2) is 54.6 Å². The van der Waals surface area contributed by atoms with Gasteiger partial charge in [0.2, 0.25) is 0 Å². The molecule has 2 rings (SSSR count). The standard InChI is InChI=1S/C13H27N3/c1-12(2)13(14)10-16(11-13)9-5-8-15-6-3-4-7-15/h12H,3-11,14H2,1-2H3. The third-order valence-corrected chi connectivity index (χ3v) is 4.33. The highest BCUT2D eigenvalue weighted by atomic mass is 15.3. The smallest absolute Gasteiger partial charge is 0.0435 e. The van der Waals surface area contributed by atoms with Gasteiger partial charge in [-0.15, -0.1) is 0 Å². The Morgan fingerprint density at radius 1 is 1.06 bits per heavy atom. The molecule has 0 spiro atoms. The van der Waals surface area contributed by atoms with Crippen LogP contribution in [0, 0.1) is 5.92 Å². The predicted molar refractivity (Wildman–Crippen MR) is 68.5 cm³/mol. The highest BCUT2D eigenvalue weighted by Gasteiger charge is 2.41. The quantitative estimate of drug-likeness (QED) is 0.761. The summed E-state index contributed by atoms with van der Waals surface area (Å²) in [6.45, 7) is 11.9. The summed E-state index contributed by atoms with van der Waals surface area (Å²) in [6, 6.07) is 0. The molecule has 94 valence electrons. The van der Waals surface area contributed by atoms with Crippen LogP contribution in [0.1, 0.15) is 33.1 Å². The van der Waals surface area contributed by atoms with E-state index in [2.05, 4.69) is 23.6 Å². The van der Waals surface area contributed by atoms with Crippen molar-refractivity contribution in [3.05, 3.63) is 0 Å². The van der Waals surface area contributed by atoms with Gasteiger partial charge in [-0.05, 0) is 51.4 Å². The third kappa shape index (κ3) is 2.76. The molecule has 16 heavy (non-hydrogen) atoms. The molecule has 2 aliphatic heterocycles. The lowest BCUT2D eigenvalue weighted by Gasteiger charge is -2.50. The van der Waals surface area contributed by atoms with Crippen LogP contribution in [0.15, 0.2) is 0 Å². The van der Waals surface area contributed by atoms with Gasteiger partial charge in [-0.25, -0.2) is 0 Å². The number of hydrogen-bond acceptors (Lipinski definition) is 3. The third-order valence-electron chi connectivity index (χ3n) is 4.33. The zero-order valence-electron chi connectivity index (χ0n) is 10.9. The summed E-state index contributed by atoms with van der Waals surface area (Å²) in [5, 5.41) is 0. The van der Waals surface area contributed by atoms with Gasteiger partial charge in [-0.3, -0.25) is 4.90 Å². The van der Waals surface area contributed by atoms with Crippen molar-refractivity contribution in [2.75, 3.05) is 39.3 Å². The molecule has 3 nitrogen and oxygen atoms in total. The van der Waals surface area contributed by atoms with Crippen molar-refractivity contribution < 1.29 is 0 Å². The lowest BCUT2D eigenvalue weighted by Crippen LogP contribution is -2.69. The topological polar surface area (TPSA) is 32.5 Å². The molecule has 3 heteroatoms. The van der Waals surface area contributed by atoms with Gasteiger partial charge in [0.15, 0.2) is 0 Å². The monoisotopic (exact) mass is 225 g/mol. The van der Waals surface area contributed by atoms with Crippen LogP contribution < -0.4 is 5.73 Å². The Labute approximate surface area is 100.0 Å². The maximum atomic E-state index is 6.28. The zero-order valence-corrected chi connectivity index (χ0v) is 10.9. The summed E-state index contributed by atoms with van der Waals surface area (Å²) in [6.07, 6.45) is 4.13. The summed E-state index contributed by atoms with van der Waals surface area (Å²) in [5.41, 5.74) is 6.38. The zero-order chi connectivity index (χ0) is 11.6. The Morgan fingerprint density at radius 2 is 1.62 bits per heavy atom. The molecule has 2 heterocycles. The molecule has 0 aromatic rings. The Bertz CT molecular complexity index is 215. The summed E-state index contributed by atoms with van der Waals surface area (Å²) < 4.78 is 0. The second-order valence-corrected chi connectivity index (χ2v) is 6.00. The maximum absolute atomic E-state index is 6.28. The van der Waals surface area contributed by atoms with Crippen molar-refractivity contribution in [2.45, 2.75) is 38.6 Å². The molecule has 0 aromatic carbocycles. The van der Waals surface area contributed by atoms with Crippen LogP contribution in [0.5, 0.6) is 0 Å². The molecule has 2 fully saturated rings. The first-order chi connectivity index (χ1) is 7.60. The van der Waals surface area contributed by atoms with E-state index in [4.69, 9.17) is 5.73 Å². The fraction of sp³-hybridized carbons (Fsp3) is 1.00. The second-order valence-electron chi connectivity index (χ2n) is 6.00. The molecule has 2 saturated heterocycles. The predicted octanol–water partition coefficient (Wildman–Crippen LogP) is 1.14. The van der Waals surface area contributed by atoms with Crippen molar-refractivity contribution in [3.63, 3.8) is 0 Å². The molecule has 0 aliphatic carbocycles. The molecule has 2 N–H and O–H groups in total. The number of nitrogens with zero attached hydrogens (tertiary/aromatic N) is 2. The first-order valence-electron chi connectivity index (χ1n) is 6.84. The van der Waals surface area contributed by atoms with Crippen molar-refractivity contribution in [3.8, 4) is 0 Å². The minimum absolute atomic E-state index is 0.105. The van der Waals surface area contributed by atoms with Gasteiger partial charge in [0.1, 0.15) is 0 Å². The van der Waals surface area contributed by atoms with Crippen molar-refractivity contribution >= 4 is 0 Å². The van der Waals surface area contributed by atoms with Gasteiger partial charge in [0.25, 0.3) is 0 Å². The fourth-order valence-electron chi connectivity index (χ4n) is 2.83. The highest BCUT2D eigenvalue weighted by Crippen LogP contribution is 2.25. The van der Waals surface area contributed by atoms with E-state index in [1.165, 1.54) is 45.4 Å². The Hall–Kier alpha value is -0.120. The van der Waals surface area contributed by atoms with Gasteiger partial charge in [-0.2, -0.15) is 0 Å². The van der Waals surface area contributed by atoms with Crippen LogP contribution in [-0.2, 0) is 0 Å². The average Bonchev–Trinajstić information content (AvgIpc) is 2.67. The van der Waals surface area contributed by atoms with E-state index >= 15 is 0 Å². The molecular formula is C13H27N3. The number of nitrogens with two attached hydrogens (primary N) is 1. The van der Waals surface area contributed by atoms with Gasteiger partial charge in [-0.1, -0.05) is 13.8 Å². The Morgan fingerprint density at radius 3 is 2.19 bits per heavy atom. The minimum atomic E-state index is 0.105. The number of rotatable bonds is 5. The van der Waals surface area contributed by atoms with Crippen LogP contribution in [0.2, 0.25) is 0 Å². The van der Waals surface area contributed by atoms with E-state index < -0.39 is 0 Å². The summed E-state index contributed by atoms with van der Waals surface area (Å²) in [4.78, 5) is 5.11. The Kier molecular flexibility index (Phi) is 3.88. The minimum Gasteiger partial charge on any atom is -0.323 e. The highest BCUT2D eigenvalue weighted by molar-refractivity contribution is 5.01. The number of hydrogen-bond donors (Lipinski definition) is 1. The van der Waals surface area contributed by atoms with E-state index in [1.807, 2.05) is 0 Å². The van der Waals surface area contributed by atoms with Gasteiger partial charge in [0, 0.05) is 18.6 Å². The summed E-state index contributed by atoms with van der Waals surface area (Å²) in [5.74, 6) is 0.613. The fourth-order valence-corrected chi connectivity index (χ4v) is 2.83. The number of likely N-dealkylation sites (tertiary alicyclic amines) is 2. The van der Waals surface area contributed by atoms with Crippen LogP contribution in [0.3, 0.4) is 0 Å². The van der Waals surface area contributed by atoms with E-state index in [0.717, 1.165) is 13.1 Å². The van der Waals surface area contributed by atoms with Gasteiger partial charge >= 0.3 is 0 Å². The van der Waals surface area contributed by atoms with Crippen molar-refractivity contribution in [2.24, 2.45) is 11.7 Å². The van der Waals surface area contributed by atoms with Gasteiger partial charge in [0.05, 0.1) is 0 Å². The van der Waals surface area contributed by atoms with Crippen molar-refractivity contribution in [1.82, 2.24) is 9.80 Å². The Balaban J connectivity index is 1.56. The molecule has 2 aliphatic rings. The SMILES string of the molecule is CC(C)C1(N)CN(CCCN2CCCC2)C1. The largest absolute Gasteiger partial charge is 0.323 e. The second kappa shape index (κ2) is 5.03. The molecule has 0 amide bonds. The molecule has 0 aromatic heterocycles. The van der Waals surface area contributed by atoms with Crippen LogP contribution in [0.4, 0.5) is 0 Å². The molecular weight excluding hydrogens is 198 g/mol. The van der Waals surface area contributed by atoms with E-state index in [9.17, 15) is 0 Å². The van der Waals surface area contributed by atoms with Crippen LogP contribution in [0.25, 0.3) is 0 Å². The van der Waals surface area contributed by atoms with E-state index in [0.29, 0.717) is 5.92 Å². The van der Waals surface area contributed by atoms with Crippen molar-refractivity contribution in [1.29, 1.82) is 0 Å². The van der Waals surface area contributed by atoms with Gasteiger partial charge < -0.3 is 10.6 Å². The average molecular weight is 225 g/mol. The summed E-state index contributed by atoms with van der Waals surface area (Å²) in [7, 11) is 0. The molecule has 0 radical (unpaired) electrons. The maximum Gasteiger partial charge on any atom is 0.0435 e. The first-order valence-corrected chi connectivity index (χ1v) is 6.84. The lowest BCUT2D eigenvalue weighted by atomic mass is 9.80. The van der Waals surface area contributed by atoms with Crippen LogP contribution >= 0.6 is 0 Å². The van der Waals surface area contributed by atoms with E-state index in [-0.39, 0.29) is 5.54 Å². The normalized spacial score (nSPS) is 26.2. The molecule has 0 saturated carbocycles. The molecule has 0 unspecified atom stereocenters. The lowest BCUT2D eigenvalue weighted by molar-refractivity contribution is 0.0353. The summed E-state index contributed by atoms with van der Waals surface area (Å²) >= 11 is 0. The van der Waals surface area contributed by atoms with E-state index in [1.54, 1.807) is 0 Å². The molecule has 0 atom stereocenters. The first kappa shape index (κ1) is 12.3. The molecule has 0 bridgehead atoms.